The van der Waals surface area contributed by atoms with Crippen molar-refractivity contribution in [2.45, 2.75) is 18.6 Å². The molecule has 18 heavy (non-hydrogen) atoms. The van der Waals surface area contributed by atoms with Crippen LogP contribution in [0.2, 0.25) is 5.15 Å². The number of nitrogens with zero attached hydrogens (tertiary/aromatic N) is 3. The number of carboxylic acids is 1. The van der Waals surface area contributed by atoms with E-state index in [4.69, 9.17) is 16.7 Å². The molecule has 2 atom stereocenters. The van der Waals surface area contributed by atoms with E-state index in [0.29, 0.717) is 0 Å². The van der Waals surface area contributed by atoms with Gasteiger partial charge in [0.2, 0.25) is 0 Å². The first-order valence-corrected chi connectivity index (χ1v) is 5.58. The molecule has 0 aliphatic carbocycles. The Hall–Kier alpha value is -1.73. The van der Waals surface area contributed by atoms with E-state index in [1.165, 1.54) is 12.1 Å². The lowest BCUT2D eigenvalue weighted by atomic mass is 10.2. The van der Waals surface area contributed by atoms with Crippen LogP contribution < -0.4 is 0 Å². The number of carboxylic acid groups (broad SMARTS) is 1. The van der Waals surface area contributed by atoms with Crippen LogP contribution in [0.5, 0.6) is 0 Å². The average molecular weight is 272 g/mol. The number of hydrogen-bond donors (Lipinski definition) is 2. The molecule has 0 radical (unpaired) electrons. The van der Waals surface area contributed by atoms with Gasteiger partial charge in [-0.2, -0.15) is 0 Å². The van der Waals surface area contributed by atoms with E-state index in [0.717, 1.165) is 4.90 Å². The number of aliphatic carboxylic acids is 1. The molecule has 1 saturated heterocycles. The summed E-state index contributed by atoms with van der Waals surface area (Å²) in [4.78, 5) is 24.1. The van der Waals surface area contributed by atoms with Crippen LogP contribution in [0.3, 0.4) is 0 Å². The molecule has 1 aliphatic heterocycles. The normalized spacial score (nSPS) is 23.1. The number of hydrogen-bond acceptors (Lipinski definition) is 5. The van der Waals surface area contributed by atoms with Crippen molar-refractivity contribution in [1.29, 1.82) is 0 Å². The molecule has 0 bridgehead atoms. The zero-order valence-corrected chi connectivity index (χ0v) is 9.91. The summed E-state index contributed by atoms with van der Waals surface area (Å²) in [6.45, 7) is -0.0277. The molecule has 7 nitrogen and oxygen atoms in total. The summed E-state index contributed by atoms with van der Waals surface area (Å²) in [6.07, 6.45) is -0.822. The second-order valence-corrected chi connectivity index (χ2v) is 4.33. The lowest BCUT2D eigenvalue weighted by Gasteiger charge is -2.20. The first-order valence-electron chi connectivity index (χ1n) is 5.20. The smallest absolute Gasteiger partial charge is 0.326 e. The van der Waals surface area contributed by atoms with Crippen LogP contribution in [-0.4, -0.2) is 55.9 Å². The summed E-state index contributed by atoms with van der Waals surface area (Å²) in [5, 5.41) is 25.7. The number of rotatable bonds is 2. The highest BCUT2D eigenvalue weighted by Gasteiger charge is 2.39. The largest absolute Gasteiger partial charge is 0.480 e. The molecule has 0 spiro atoms. The molecule has 1 aromatic rings. The van der Waals surface area contributed by atoms with Crippen LogP contribution in [0.15, 0.2) is 12.1 Å². The van der Waals surface area contributed by atoms with Gasteiger partial charge in [-0.25, -0.2) is 4.79 Å². The fourth-order valence-electron chi connectivity index (χ4n) is 1.85. The molecule has 1 amide bonds. The Morgan fingerprint density at radius 2 is 2.11 bits per heavy atom. The number of aliphatic hydroxyl groups is 1. The molecule has 2 rings (SSSR count). The second kappa shape index (κ2) is 4.87. The van der Waals surface area contributed by atoms with Crippen molar-refractivity contribution in [2.75, 3.05) is 6.54 Å². The minimum absolute atomic E-state index is 0.000231. The van der Waals surface area contributed by atoms with Crippen molar-refractivity contribution in [2.24, 2.45) is 0 Å². The van der Waals surface area contributed by atoms with Gasteiger partial charge < -0.3 is 15.1 Å². The van der Waals surface area contributed by atoms with Crippen molar-refractivity contribution < 1.29 is 19.8 Å². The first kappa shape index (κ1) is 12.7. The van der Waals surface area contributed by atoms with Crippen LogP contribution >= 0.6 is 11.6 Å². The van der Waals surface area contributed by atoms with Crippen LogP contribution in [0.1, 0.15) is 16.9 Å². The van der Waals surface area contributed by atoms with Crippen LogP contribution in [0.4, 0.5) is 0 Å². The number of β-amino-alcohol motifs (C(OH)–C–C–N with tert-alkyl or cyclic N) is 1. The SMILES string of the molecule is O=C(O)[C@@H]1C[C@H](O)CN1C(=O)c1ccc(Cl)nn1. The molecule has 2 N–H and O–H groups in total. The van der Waals surface area contributed by atoms with Gasteiger partial charge in [-0.15, -0.1) is 10.2 Å². The standard InChI is InChI=1S/C10H10ClN3O4/c11-8-2-1-6(12-13-8)9(16)14-4-5(15)3-7(14)10(17)18/h1-2,5,7,15H,3-4H2,(H,17,18)/t5-,7-/m0/s1. The summed E-state index contributed by atoms with van der Waals surface area (Å²) in [5.41, 5.74) is -0.000231. The van der Waals surface area contributed by atoms with Gasteiger partial charge in [0.15, 0.2) is 10.8 Å². The summed E-state index contributed by atoms with van der Waals surface area (Å²) >= 11 is 5.55. The van der Waals surface area contributed by atoms with Crippen molar-refractivity contribution in [1.82, 2.24) is 15.1 Å². The lowest BCUT2D eigenvalue weighted by molar-refractivity contribution is -0.141. The minimum Gasteiger partial charge on any atom is -0.480 e. The van der Waals surface area contributed by atoms with Crippen LogP contribution in [-0.2, 0) is 4.79 Å². The van der Waals surface area contributed by atoms with Crippen LogP contribution in [0, 0.1) is 0 Å². The molecule has 1 fully saturated rings. The maximum Gasteiger partial charge on any atom is 0.326 e. The van der Waals surface area contributed by atoms with Gasteiger partial charge in [0, 0.05) is 13.0 Å². The number of aliphatic hydroxyl groups excluding tert-OH is 1. The summed E-state index contributed by atoms with van der Waals surface area (Å²) in [5.74, 6) is -1.73. The zero-order chi connectivity index (χ0) is 13.3. The molecule has 1 aromatic heterocycles. The Bertz CT molecular complexity index is 479. The Balaban J connectivity index is 2.22. The van der Waals surface area contributed by atoms with E-state index in [1.807, 2.05) is 0 Å². The molecule has 96 valence electrons. The molecule has 1 aliphatic rings. The predicted molar refractivity (Wildman–Crippen MR) is 60.1 cm³/mol. The zero-order valence-electron chi connectivity index (χ0n) is 9.15. The van der Waals surface area contributed by atoms with Gasteiger partial charge in [-0.05, 0) is 12.1 Å². The lowest BCUT2D eigenvalue weighted by Crippen LogP contribution is -2.41. The Morgan fingerprint density at radius 3 is 2.67 bits per heavy atom. The molecule has 0 saturated carbocycles. The van der Waals surface area contributed by atoms with E-state index < -0.39 is 24.0 Å². The Morgan fingerprint density at radius 1 is 1.39 bits per heavy atom. The molecule has 8 heteroatoms. The van der Waals surface area contributed by atoms with Gasteiger partial charge in [-0.1, -0.05) is 11.6 Å². The predicted octanol–water partition coefficient (Wildman–Crippen LogP) is -0.210. The van der Waals surface area contributed by atoms with Crippen molar-refractivity contribution in [3.8, 4) is 0 Å². The number of amides is 1. The van der Waals surface area contributed by atoms with E-state index in [1.54, 1.807) is 0 Å². The maximum atomic E-state index is 12.0. The highest BCUT2D eigenvalue weighted by molar-refractivity contribution is 6.29. The second-order valence-electron chi connectivity index (χ2n) is 3.94. The van der Waals surface area contributed by atoms with E-state index in [9.17, 15) is 14.7 Å². The topological polar surface area (TPSA) is 104 Å². The van der Waals surface area contributed by atoms with Gasteiger partial charge in [0.05, 0.1) is 6.10 Å². The van der Waals surface area contributed by atoms with E-state index in [-0.39, 0.29) is 23.8 Å². The third-order valence-corrected chi connectivity index (χ3v) is 2.88. The summed E-state index contributed by atoms with van der Waals surface area (Å²) < 4.78 is 0. The molecule has 2 heterocycles. The number of carbonyl (C=O) groups excluding carboxylic acids is 1. The number of aromatic nitrogens is 2. The summed E-state index contributed by atoms with van der Waals surface area (Å²) in [7, 11) is 0. The van der Waals surface area contributed by atoms with E-state index >= 15 is 0 Å². The molecular weight excluding hydrogens is 262 g/mol. The fraction of sp³-hybridized carbons (Fsp3) is 0.400. The highest BCUT2D eigenvalue weighted by Crippen LogP contribution is 2.20. The first-order chi connectivity index (χ1) is 8.49. The van der Waals surface area contributed by atoms with Crippen LogP contribution in [0.25, 0.3) is 0 Å². The van der Waals surface area contributed by atoms with Crippen molar-refractivity contribution in [3.05, 3.63) is 23.0 Å². The Kier molecular flexibility index (Phi) is 3.44. The van der Waals surface area contributed by atoms with Gasteiger partial charge in [-0.3, -0.25) is 4.79 Å². The average Bonchev–Trinajstić information content (AvgIpc) is 2.71. The maximum absolute atomic E-state index is 12.0. The number of halogens is 1. The monoisotopic (exact) mass is 271 g/mol. The van der Waals surface area contributed by atoms with Gasteiger partial charge in [0.25, 0.3) is 5.91 Å². The van der Waals surface area contributed by atoms with Gasteiger partial charge >= 0.3 is 5.97 Å². The molecule has 0 aromatic carbocycles. The van der Waals surface area contributed by atoms with Crippen molar-refractivity contribution in [3.63, 3.8) is 0 Å². The third-order valence-electron chi connectivity index (χ3n) is 2.68. The summed E-state index contributed by atoms with van der Waals surface area (Å²) in [6, 6.07) is 1.72. The Labute approximate surface area is 107 Å². The third kappa shape index (κ3) is 2.41. The van der Waals surface area contributed by atoms with E-state index in [2.05, 4.69) is 10.2 Å². The van der Waals surface area contributed by atoms with Crippen molar-refractivity contribution >= 4 is 23.5 Å². The quantitative estimate of drug-likeness (QED) is 0.771. The number of likely N-dealkylation sites (tertiary alicyclic amines) is 1. The van der Waals surface area contributed by atoms with Gasteiger partial charge in [0.1, 0.15) is 6.04 Å². The molecule has 0 unspecified atom stereocenters. The number of carbonyl (C=O) groups is 2. The highest BCUT2D eigenvalue weighted by atomic mass is 35.5. The minimum atomic E-state index is -1.15. The molecular formula is C10H10ClN3O4. The fourth-order valence-corrected chi connectivity index (χ4v) is 1.95.